The lowest BCUT2D eigenvalue weighted by Crippen LogP contribution is -2.42. The number of nitrogens with zero attached hydrogens (tertiary/aromatic N) is 2. The zero-order valence-electron chi connectivity index (χ0n) is 10.4. The van der Waals surface area contributed by atoms with Crippen LogP contribution in [-0.4, -0.2) is 29.9 Å². The fraction of sp³-hybridized carbons (Fsp3) is 0.143. The number of anilines is 2. The van der Waals surface area contributed by atoms with Crippen LogP contribution in [0.3, 0.4) is 0 Å². The van der Waals surface area contributed by atoms with Crippen LogP contribution in [-0.2, 0) is 4.79 Å². The monoisotopic (exact) mass is 255 g/mol. The molecule has 96 valence electrons. The molecule has 5 heteroatoms. The number of hydrogen-bond acceptors (Lipinski definition) is 4. The number of nitrogen functional groups attached to an aromatic ring is 1. The standard InChI is InChI=1S/C14H13N3O2/c1-17-11-4-2-3-9(14(18)19)13(11)16-10-6-5-8(15)7-12(10)17/h2-7,11H,15H2,1H3,(H,18,19). The van der Waals surface area contributed by atoms with E-state index in [-0.39, 0.29) is 11.6 Å². The number of rotatable bonds is 1. The number of aliphatic carboxylic acids is 1. The van der Waals surface area contributed by atoms with E-state index in [1.165, 1.54) is 0 Å². The highest BCUT2D eigenvalue weighted by atomic mass is 16.4. The maximum absolute atomic E-state index is 11.3. The van der Waals surface area contributed by atoms with Crippen LogP contribution in [0.2, 0.25) is 0 Å². The van der Waals surface area contributed by atoms with Gasteiger partial charge in [-0.3, -0.25) is 0 Å². The van der Waals surface area contributed by atoms with Gasteiger partial charge in [0.1, 0.15) is 0 Å². The quantitative estimate of drug-likeness (QED) is 0.749. The number of allylic oxidation sites excluding steroid dienone is 2. The van der Waals surface area contributed by atoms with E-state index in [9.17, 15) is 9.90 Å². The molecule has 0 fully saturated rings. The second-order valence-electron chi connectivity index (χ2n) is 4.57. The molecule has 1 aromatic carbocycles. The summed E-state index contributed by atoms with van der Waals surface area (Å²) in [4.78, 5) is 17.7. The van der Waals surface area contributed by atoms with Crippen LogP contribution >= 0.6 is 0 Å². The van der Waals surface area contributed by atoms with Gasteiger partial charge in [0.05, 0.1) is 28.7 Å². The average molecular weight is 255 g/mol. The van der Waals surface area contributed by atoms with Gasteiger partial charge in [-0.2, -0.15) is 0 Å². The maximum Gasteiger partial charge on any atom is 0.337 e. The largest absolute Gasteiger partial charge is 0.478 e. The second-order valence-corrected chi connectivity index (χ2v) is 4.57. The first kappa shape index (κ1) is 11.5. The summed E-state index contributed by atoms with van der Waals surface area (Å²) in [7, 11) is 1.91. The summed E-state index contributed by atoms with van der Waals surface area (Å²) in [5.41, 5.74) is 8.90. The summed E-state index contributed by atoms with van der Waals surface area (Å²) >= 11 is 0. The van der Waals surface area contributed by atoms with Gasteiger partial charge in [-0.1, -0.05) is 12.2 Å². The highest BCUT2D eigenvalue weighted by Crippen LogP contribution is 2.37. The maximum atomic E-state index is 11.3. The topological polar surface area (TPSA) is 78.9 Å². The number of benzene rings is 1. The Bertz CT molecular complexity index is 659. The van der Waals surface area contributed by atoms with Crippen LogP contribution in [0.1, 0.15) is 0 Å². The van der Waals surface area contributed by atoms with Crippen molar-refractivity contribution in [3.05, 3.63) is 42.0 Å². The van der Waals surface area contributed by atoms with Gasteiger partial charge in [0.15, 0.2) is 0 Å². The smallest absolute Gasteiger partial charge is 0.337 e. The summed E-state index contributed by atoms with van der Waals surface area (Å²) in [5.74, 6) is -0.958. The number of hydrogen-bond donors (Lipinski definition) is 2. The zero-order chi connectivity index (χ0) is 13.6. The molecule has 0 radical (unpaired) electrons. The van der Waals surface area contributed by atoms with Crippen LogP contribution in [0.5, 0.6) is 0 Å². The number of carboxylic acids is 1. The lowest BCUT2D eigenvalue weighted by molar-refractivity contribution is -0.132. The molecule has 1 aromatic rings. The van der Waals surface area contributed by atoms with Gasteiger partial charge in [0, 0.05) is 12.7 Å². The molecule has 3 N–H and O–H groups in total. The van der Waals surface area contributed by atoms with Crippen molar-refractivity contribution in [3.8, 4) is 0 Å². The molecule has 0 bridgehead atoms. The van der Waals surface area contributed by atoms with E-state index in [4.69, 9.17) is 5.73 Å². The summed E-state index contributed by atoms with van der Waals surface area (Å²) in [6, 6.07) is 5.26. The normalized spacial score (nSPS) is 20.3. The van der Waals surface area contributed by atoms with Crippen molar-refractivity contribution in [3.63, 3.8) is 0 Å². The minimum absolute atomic E-state index is 0.162. The van der Waals surface area contributed by atoms with Gasteiger partial charge in [-0.15, -0.1) is 0 Å². The van der Waals surface area contributed by atoms with Crippen LogP contribution in [0.4, 0.5) is 17.1 Å². The lowest BCUT2D eigenvalue weighted by atomic mass is 9.94. The third-order valence-corrected chi connectivity index (χ3v) is 3.38. The Kier molecular flexibility index (Phi) is 2.41. The molecular formula is C14H13N3O2. The van der Waals surface area contributed by atoms with E-state index >= 15 is 0 Å². The van der Waals surface area contributed by atoms with Crippen molar-refractivity contribution >= 4 is 28.7 Å². The number of carbonyl (C=O) groups is 1. The van der Waals surface area contributed by atoms with Crippen LogP contribution < -0.4 is 10.6 Å². The molecular weight excluding hydrogens is 242 g/mol. The Labute approximate surface area is 110 Å². The molecule has 0 saturated carbocycles. The number of fused-ring (bicyclic) bond motifs is 2. The third kappa shape index (κ3) is 1.71. The van der Waals surface area contributed by atoms with Gasteiger partial charge >= 0.3 is 5.97 Å². The molecule has 0 spiro atoms. The lowest BCUT2D eigenvalue weighted by Gasteiger charge is -2.35. The molecule has 0 amide bonds. The van der Waals surface area contributed by atoms with Gasteiger partial charge in [-0.05, 0) is 24.3 Å². The van der Waals surface area contributed by atoms with Crippen molar-refractivity contribution in [2.75, 3.05) is 17.7 Å². The highest BCUT2D eigenvalue weighted by Gasteiger charge is 2.32. The summed E-state index contributed by atoms with van der Waals surface area (Å²) < 4.78 is 0. The number of carboxylic acid groups (broad SMARTS) is 1. The van der Waals surface area contributed by atoms with Crippen molar-refractivity contribution in [2.45, 2.75) is 6.04 Å². The molecule has 2 aliphatic rings. The molecule has 1 heterocycles. The molecule has 3 rings (SSSR count). The van der Waals surface area contributed by atoms with E-state index in [0.29, 0.717) is 11.4 Å². The first-order valence-electron chi connectivity index (χ1n) is 5.91. The van der Waals surface area contributed by atoms with Crippen molar-refractivity contribution < 1.29 is 9.90 Å². The van der Waals surface area contributed by atoms with E-state index in [2.05, 4.69) is 4.99 Å². The molecule has 1 aliphatic heterocycles. The molecule has 1 aliphatic carbocycles. The predicted octanol–water partition coefficient (Wildman–Crippen LogP) is 1.74. The van der Waals surface area contributed by atoms with Gasteiger partial charge in [0.2, 0.25) is 0 Å². The van der Waals surface area contributed by atoms with Crippen molar-refractivity contribution in [1.29, 1.82) is 0 Å². The molecule has 0 saturated heterocycles. The van der Waals surface area contributed by atoms with Gasteiger partial charge < -0.3 is 15.7 Å². The Morgan fingerprint density at radius 3 is 3.00 bits per heavy atom. The van der Waals surface area contributed by atoms with Crippen LogP contribution in [0.15, 0.2) is 47.0 Å². The third-order valence-electron chi connectivity index (χ3n) is 3.38. The van der Waals surface area contributed by atoms with E-state index in [1.807, 2.05) is 30.2 Å². The Balaban J connectivity index is 2.19. The van der Waals surface area contributed by atoms with E-state index in [0.717, 1.165) is 11.4 Å². The Morgan fingerprint density at radius 1 is 1.47 bits per heavy atom. The minimum atomic E-state index is -0.958. The predicted molar refractivity (Wildman–Crippen MR) is 75.0 cm³/mol. The van der Waals surface area contributed by atoms with E-state index in [1.54, 1.807) is 18.2 Å². The molecule has 0 aromatic heterocycles. The summed E-state index contributed by atoms with van der Waals surface area (Å²) in [6.45, 7) is 0. The zero-order valence-corrected chi connectivity index (χ0v) is 10.4. The van der Waals surface area contributed by atoms with E-state index < -0.39 is 5.97 Å². The number of aliphatic imine (C=N–C) groups is 1. The van der Waals surface area contributed by atoms with Gasteiger partial charge in [-0.25, -0.2) is 9.79 Å². The Morgan fingerprint density at radius 2 is 2.26 bits per heavy atom. The van der Waals surface area contributed by atoms with Crippen molar-refractivity contribution in [1.82, 2.24) is 0 Å². The fourth-order valence-electron chi connectivity index (χ4n) is 2.41. The first-order valence-corrected chi connectivity index (χ1v) is 5.91. The minimum Gasteiger partial charge on any atom is -0.478 e. The van der Waals surface area contributed by atoms with Crippen molar-refractivity contribution in [2.24, 2.45) is 4.99 Å². The van der Waals surface area contributed by atoms with Gasteiger partial charge in [0.25, 0.3) is 0 Å². The molecule has 5 nitrogen and oxygen atoms in total. The fourth-order valence-corrected chi connectivity index (χ4v) is 2.41. The Hall–Kier alpha value is -2.56. The first-order chi connectivity index (χ1) is 9.08. The SMILES string of the molecule is CN1c2cc(N)ccc2N=C2C(C(=O)O)=CC=CC21. The molecule has 1 unspecified atom stereocenters. The van der Waals surface area contributed by atoms with Crippen LogP contribution in [0, 0.1) is 0 Å². The molecule has 19 heavy (non-hydrogen) atoms. The second kappa shape index (κ2) is 3.98. The molecule has 1 atom stereocenters. The average Bonchev–Trinajstić information content (AvgIpc) is 2.39. The highest BCUT2D eigenvalue weighted by molar-refractivity contribution is 6.25. The number of nitrogens with two attached hydrogens (primary N) is 1. The van der Waals surface area contributed by atoms with Crippen LogP contribution in [0.25, 0.3) is 0 Å². The summed E-state index contributed by atoms with van der Waals surface area (Å²) in [5, 5.41) is 9.23. The summed E-state index contributed by atoms with van der Waals surface area (Å²) in [6.07, 6.45) is 5.26. The number of likely N-dealkylation sites (N-methyl/N-ethyl adjacent to an activating group) is 1.